The summed E-state index contributed by atoms with van der Waals surface area (Å²) in [4.78, 5) is 15.4. The lowest BCUT2D eigenvalue weighted by Crippen LogP contribution is -2.26. The Morgan fingerprint density at radius 2 is 2.05 bits per heavy atom. The molecule has 0 fully saturated rings. The summed E-state index contributed by atoms with van der Waals surface area (Å²) in [5.41, 5.74) is 2.10. The van der Waals surface area contributed by atoms with Crippen LogP contribution < -0.4 is 0 Å². The van der Waals surface area contributed by atoms with Crippen molar-refractivity contribution in [2.45, 2.75) is 39.4 Å². The van der Waals surface area contributed by atoms with Crippen molar-refractivity contribution < 1.29 is 9.90 Å². The van der Waals surface area contributed by atoms with Gasteiger partial charge in [-0.05, 0) is 23.5 Å². The van der Waals surface area contributed by atoms with E-state index in [9.17, 15) is 4.79 Å². The summed E-state index contributed by atoms with van der Waals surface area (Å²) in [6.07, 6.45) is 0. The molecule has 0 amide bonds. The molecule has 4 nitrogen and oxygen atoms in total. The van der Waals surface area contributed by atoms with Crippen LogP contribution in [0.3, 0.4) is 0 Å². The number of imidazole rings is 1. The van der Waals surface area contributed by atoms with E-state index in [0.29, 0.717) is 5.92 Å². The summed E-state index contributed by atoms with van der Waals surface area (Å²) < 4.78 is 2.16. The van der Waals surface area contributed by atoms with Crippen molar-refractivity contribution in [2.24, 2.45) is 11.3 Å². The van der Waals surface area contributed by atoms with Crippen molar-refractivity contribution in [3.05, 3.63) is 24.3 Å². The lowest BCUT2D eigenvalue weighted by Gasteiger charge is -2.30. The van der Waals surface area contributed by atoms with Crippen LogP contribution in [0.5, 0.6) is 0 Å². The van der Waals surface area contributed by atoms with Gasteiger partial charge in [0, 0.05) is 6.54 Å². The van der Waals surface area contributed by atoms with Crippen molar-refractivity contribution in [3.63, 3.8) is 0 Å². The van der Waals surface area contributed by atoms with E-state index in [4.69, 9.17) is 5.11 Å². The van der Waals surface area contributed by atoms with Crippen LogP contribution >= 0.6 is 11.8 Å². The molecule has 0 radical (unpaired) electrons. The first-order valence-corrected chi connectivity index (χ1v) is 8.09. The van der Waals surface area contributed by atoms with Gasteiger partial charge in [0.2, 0.25) is 0 Å². The number of nitrogens with zero attached hydrogens (tertiary/aromatic N) is 2. The van der Waals surface area contributed by atoms with E-state index in [1.165, 1.54) is 11.8 Å². The Kier molecular flexibility index (Phi) is 4.61. The Bertz CT molecular complexity index is 647. The minimum atomic E-state index is -0.818. The summed E-state index contributed by atoms with van der Waals surface area (Å²) >= 11 is 1.29. The van der Waals surface area contributed by atoms with Gasteiger partial charge in [0.25, 0.3) is 0 Å². The van der Waals surface area contributed by atoms with Crippen molar-refractivity contribution in [3.8, 4) is 0 Å². The molecule has 21 heavy (non-hydrogen) atoms. The van der Waals surface area contributed by atoms with Gasteiger partial charge in [0.1, 0.15) is 0 Å². The third kappa shape index (κ3) is 3.59. The molecule has 1 heterocycles. The van der Waals surface area contributed by atoms with Crippen molar-refractivity contribution in [1.82, 2.24) is 9.55 Å². The van der Waals surface area contributed by atoms with Gasteiger partial charge in [0.05, 0.1) is 16.8 Å². The molecule has 0 aliphatic rings. The second-order valence-corrected chi connectivity index (χ2v) is 7.24. The summed E-state index contributed by atoms with van der Waals surface area (Å²) in [6.45, 7) is 9.72. The monoisotopic (exact) mass is 306 g/mol. The lowest BCUT2D eigenvalue weighted by molar-refractivity contribution is -0.133. The third-order valence-electron chi connectivity index (χ3n) is 4.07. The smallest absolute Gasteiger partial charge is 0.313 e. The van der Waals surface area contributed by atoms with E-state index < -0.39 is 5.97 Å². The van der Waals surface area contributed by atoms with E-state index in [2.05, 4.69) is 37.2 Å². The fourth-order valence-corrected chi connectivity index (χ4v) is 2.77. The molecule has 0 bridgehead atoms. The van der Waals surface area contributed by atoms with E-state index >= 15 is 0 Å². The first-order valence-electron chi connectivity index (χ1n) is 7.11. The predicted molar refractivity (Wildman–Crippen MR) is 86.7 cm³/mol. The molecule has 0 spiro atoms. The van der Waals surface area contributed by atoms with Gasteiger partial charge >= 0.3 is 5.97 Å². The Balaban J connectivity index is 2.42. The van der Waals surface area contributed by atoms with Gasteiger partial charge in [-0.25, -0.2) is 4.98 Å². The van der Waals surface area contributed by atoms with Crippen LogP contribution in [0.1, 0.15) is 27.7 Å². The molecule has 114 valence electrons. The molecule has 1 aromatic heterocycles. The molecule has 1 N–H and O–H groups in total. The SMILES string of the molecule is CC(C)C(C)(C)Cn1c(SCC(=O)O)nc2ccccc21. The van der Waals surface area contributed by atoms with Crippen LogP contribution in [-0.4, -0.2) is 26.4 Å². The predicted octanol–water partition coefficient (Wildman–Crippen LogP) is 3.90. The largest absolute Gasteiger partial charge is 0.481 e. The van der Waals surface area contributed by atoms with Gasteiger partial charge in [-0.15, -0.1) is 0 Å². The Hall–Kier alpha value is -1.49. The molecule has 0 unspecified atom stereocenters. The minimum absolute atomic E-state index is 0.0332. The number of thioether (sulfide) groups is 1. The number of carboxylic acids is 1. The molecule has 5 heteroatoms. The summed E-state index contributed by atoms with van der Waals surface area (Å²) in [6, 6.07) is 7.97. The second kappa shape index (κ2) is 6.10. The summed E-state index contributed by atoms with van der Waals surface area (Å²) in [5, 5.41) is 9.69. The minimum Gasteiger partial charge on any atom is -0.481 e. The fourth-order valence-electron chi connectivity index (χ4n) is 2.03. The zero-order chi connectivity index (χ0) is 15.6. The molecular formula is C16H22N2O2S. The highest BCUT2D eigenvalue weighted by Gasteiger charge is 2.25. The van der Waals surface area contributed by atoms with Crippen LogP contribution in [0, 0.1) is 11.3 Å². The zero-order valence-electron chi connectivity index (χ0n) is 13.0. The molecule has 2 aromatic rings. The number of hydrogen-bond acceptors (Lipinski definition) is 3. The lowest BCUT2D eigenvalue weighted by atomic mass is 9.81. The molecule has 0 aliphatic carbocycles. The first kappa shape index (κ1) is 15.9. The maximum atomic E-state index is 10.8. The fraction of sp³-hybridized carbons (Fsp3) is 0.500. The van der Waals surface area contributed by atoms with Crippen LogP contribution in [0.2, 0.25) is 0 Å². The maximum Gasteiger partial charge on any atom is 0.313 e. The first-order chi connectivity index (χ1) is 9.81. The summed E-state index contributed by atoms with van der Waals surface area (Å²) in [7, 11) is 0. The number of rotatable bonds is 6. The number of hydrogen-bond donors (Lipinski definition) is 1. The second-order valence-electron chi connectivity index (χ2n) is 6.29. The number of para-hydroxylation sites is 2. The Labute approximate surface area is 129 Å². The van der Waals surface area contributed by atoms with Crippen LogP contribution in [0.4, 0.5) is 0 Å². The van der Waals surface area contributed by atoms with Crippen LogP contribution in [-0.2, 0) is 11.3 Å². The average molecular weight is 306 g/mol. The van der Waals surface area contributed by atoms with E-state index in [1.807, 2.05) is 24.3 Å². The third-order valence-corrected chi connectivity index (χ3v) is 5.03. The standard InChI is InChI=1S/C16H22N2O2S/c1-11(2)16(3,4)10-18-13-8-6-5-7-12(13)17-15(18)21-9-14(19)20/h5-8,11H,9-10H2,1-4H3,(H,19,20). The molecular weight excluding hydrogens is 284 g/mol. The van der Waals surface area contributed by atoms with Gasteiger partial charge in [-0.3, -0.25) is 4.79 Å². The van der Waals surface area contributed by atoms with Crippen LogP contribution in [0.25, 0.3) is 11.0 Å². The highest BCUT2D eigenvalue weighted by atomic mass is 32.2. The molecule has 1 aromatic carbocycles. The van der Waals surface area contributed by atoms with Crippen molar-refractivity contribution in [1.29, 1.82) is 0 Å². The van der Waals surface area contributed by atoms with E-state index in [1.54, 1.807) is 0 Å². The normalized spacial score (nSPS) is 12.2. The number of benzene rings is 1. The van der Waals surface area contributed by atoms with Gasteiger partial charge in [0.15, 0.2) is 5.16 Å². The molecule has 0 aliphatic heterocycles. The Morgan fingerprint density at radius 1 is 1.38 bits per heavy atom. The number of aromatic nitrogens is 2. The number of carbonyl (C=O) groups is 1. The van der Waals surface area contributed by atoms with Crippen molar-refractivity contribution in [2.75, 3.05) is 5.75 Å². The molecule has 0 saturated heterocycles. The highest BCUT2D eigenvalue weighted by Crippen LogP contribution is 2.32. The highest BCUT2D eigenvalue weighted by molar-refractivity contribution is 7.99. The number of carboxylic acid groups (broad SMARTS) is 1. The average Bonchev–Trinajstić information content (AvgIpc) is 2.74. The molecule has 2 rings (SSSR count). The van der Waals surface area contributed by atoms with Crippen molar-refractivity contribution >= 4 is 28.8 Å². The van der Waals surface area contributed by atoms with E-state index in [-0.39, 0.29) is 11.2 Å². The van der Waals surface area contributed by atoms with Gasteiger partial charge < -0.3 is 9.67 Å². The zero-order valence-corrected chi connectivity index (χ0v) is 13.8. The maximum absolute atomic E-state index is 10.8. The summed E-state index contributed by atoms with van der Waals surface area (Å²) in [5.74, 6) is -0.261. The topological polar surface area (TPSA) is 55.1 Å². The van der Waals surface area contributed by atoms with E-state index in [0.717, 1.165) is 22.7 Å². The number of fused-ring (bicyclic) bond motifs is 1. The molecule has 0 saturated carbocycles. The van der Waals surface area contributed by atoms with Gasteiger partial charge in [-0.2, -0.15) is 0 Å². The number of aliphatic carboxylic acids is 1. The quantitative estimate of drug-likeness (QED) is 0.822. The Morgan fingerprint density at radius 3 is 2.67 bits per heavy atom. The van der Waals surface area contributed by atoms with Crippen LogP contribution in [0.15, 0.2) is 29.4 Å². The molecule has 0 atom stereocenters. The van der Waals surface area contributed by atoms with Gasteiger partial charge in [-0.1, -0.05) is 51.6 Å².